The molecule has 0 aliphatic carbocycles. The smallest absolute Gasteiger partial charge is 0.304 e. The van der Waals surface area contributed by atoms with E-state index in [0.717, 1.165) is 82.3 Å². The van der Waals surface area contributed by atoms with Gasteiger partial charge in [0.15, 0.2) is 50.3 Å². The monoisotopic (exact) mass is 2020 g/mol. The van der Waals surface area contributed by atoms with Gasteiger partial charge in [-0.3, -0.25) is 42.6 Å². The quantitative estimate of drug-likeness (QED) is 0.0253. The SMILES string of the molecule is O=C(O)CCSC[C@H]1O[C@@H]2OC3[C@@H](CS(=O)CCC(=O)O)O[C@H](O[C@H]4[C@H](O)[C@@H](O)[C@@H](O[C@H]5[C@H](O)[C@@H](O)[C@@H](O[C@H]6[C@H](O)[C@@H](O)[C@@H](O[C@H]7[C@H](O)[C@@H](O)[C@@H](O[C@H]8[C@H](O)[C@@H](O)[C@@H](O[C@H]9[C@H](O)[C@@H](O)C(O[C@H]1[C@H](O)[C@H]2O)O[C@@H]9CSCCC(=O)O)O[C@@H]8CSCCC(=O)O)O[C@@H]7CSCCC(=O)O)O[C@@H]6CSCCC(=O)O)O[C@@H]5CSCCC(=O)O)O[C@@H]4CSCCC(=O)O)[C@H](O)[C@H]3O. The number of hydrogen-bond donors (Lipinski definition) is 24. The van der Waals surface area contributed by atoms with Crippen molar-refractivity contribution in [1.29, 1.82) is 0 Å². The summed E-state index contributed by atoms with van der Waals surface area (Å²) in [7, 11) is -2.31. The Balaban J connectivity index is 1.12. The fourth-order valence-electron chi connectivity index (χ4n) is 14.8. The molecule has 129 heavy (non-hydrogen) atoms. The molecule has 0 saturated carbocycles. The van der Waals surface area contributed by atoms with Crippen LogP contribution in [0, 0.1) is 0 Å². The summed E-state index contributed by atoms with van der Waals surface area (Å²) in [5, 5.41) is 272. The summed E-state index contributed by atoms with van der Waals surface area (Å²) in [5.41, 5.74) is 0. The van der Waals surface area contributed by atoms with Crippen molar-refractivity contribution in [3.63, 3.8) is 0 Å². The Morgan fingerprint density at radius 1 is 0.194 bits per heavy atom. The fourth-order valence-corrected chi connectivity index (χ4v) is 22.9. The number of rotatable bonds is 40. The average molecular weight is 2020 g/mol. The van der Waals surface area contributed by atoms with Crippen LogP contribution < -0.4 is 0 Å². The van der Waals surface area contributed by atoms with Crippen LogP contribution in [0.25, 0.3) is 0 Å². The van der Waals surface area contributed by atoms with Gasteiger partial charge in [0, 0.05) is 97.1 Å². The minimum absolute atomic E-state index is 0.166. The van der Waals surface area contributed by atoms with Gasteiger partial charge in [0.25, 0.3) is 0 Å². The zero-order chi connectivity index (χ0) is 94.5. The van der Waals surface area contributed by atoms with Crippen molar-refractivity contribution in [3.05, 3.63) is 0 Å². The average Bonchev–Trinajstić information content (AvgIpc) is 0.769. The van der Waals surface area contributed by atoms with Crippen LogP contribution in [0.15, 0.2) is 0 Å². The van der Waals surface area contributed by atoms with Gasteiger partial charge in [-0.15, -0.1) is 0 Å². The molecule has 0 amide bonds. The third kappa shape index (κ3) is 31.0. The van der Waals surface area contributed by atoms with Gasteiger partial charge in [0.05, 0.1) is 99.8 Å². The topological polar surface area (TPSA) is 787 Å². The Morgan fingerprint density at radius 2 is 0.326 bits per heavy atom. The van der Waals surface area contributed by atoms with Gasteiger partial charge in [-0.2, -0.15) is 82.3 Å². The van der Waals surface area contributed by atoms with Crippen molar-refractivity contribution in [2.75, 3.05) is 92.0 Å². The molecule has 30 heterocycles. The molecule has 30 aliphatic rings. The summed E-state index contributed by atoms with van der Waals surface area (Å²) < 4.78 is 114. The van der Waals surface area contributed by atoms with Crippen LogP contribution in [0.4, 0.5) is 0 Å². The Hall–Kier alpha value is -2.92. The van der Waals surface area contributed by atoms with Crippen LogP contribution in [-0.2, 0) is 125 Å². The first-order valence-corrected chi connectivity index (χ1v) is 50.2. The number of thioether (sulfide) groups is 7. The molecular formula is C72H112O49S8. The molecule has 30 rings (SSSR count). The number of hydrogen-bond acceptors (Lipinski definition) is 48. The molecule has 16 bridgehead atoms. The third-order valence-corrected chi connectivity index (χ3v) is 30.3. The summed E-state index contributed by atoms with van der Waals surface area (Å²) in [6.45, 7) is 0. The summed E-state index contributed by atoms with van der Waals surface area (Å²) in [6, 6.07) is 0. The van der Waals surface area contributed by atoms with Gasteiger partial charge in [0.1, 0.15) is 153 Å². The predicted molar refractivity (Wildman–Crippen MR) is 442 cm³/mol. The van der Waals surface area contributed by atoms with Crippen molar-refractivity contribution in [1.82, 2.24) is 0 Å². The highest BCUT2D eigenvalue weighted by atomic mass is 32.2. The molecule has 24 N–H and O–H groups in total. The number of carboxylic acid groups (broad SMARTS) is 8. The van der Waals surface area contributed by atoms with E-state index in [0.29, 0.717) is 0 Å². The number of carbonyl (C=O) groups is 8. The zero-order valence-corrected chi connectivity index (χ0v) is 74.8. The van der Waals surface area contributed by atoms with E-state index >= 15 is 0 Å². The van der Waals surface area contributed by atoms with Gasteiger partial charge in [-0.25, -0.2) is 0 Å². The first-order valence-electron chi connectivity index (χ1n) is 40.6. The molecule has 742 valence electrons. The second-order valence-corrected chi connectivity index (χ2v) is 40.7. The van der Waals surface area contributed by atoms with Crippen LogP contribution in [0.1, 0.15) is 51.4 Å². The molecule has 30 saturated heterocycles. The molecule has 3 unspecified atom stereocenters. The van der Waals surface area contributed by atoms with Crippen LogP contribution in [0.2, 0.25) is 0 Å². The Labute approximate surface area is 766 Å². The molecule has 30 fully saturated rings. The molecule has 57 heteroatoms. The van der Waals surface area contributed by atoms with E-state index in [1.807, 2.05) is 0 Å². The molecule has 0 aromatic rings. The van der Waals surface area contributed by atoms with Crippen LogP contribution >= 0.6 is 82.3 Å². The van der Waals surface area contributed by atoms with E-state index in [4.69, 9.17) is 75.8 Å². The first-order chi connectivity index (χ1) is 61.1. The molecule has 41 atom stereocenters. The normalized spacial score (nSPS) is 41.5. The maximum absolute atomic E-state index is 13.9. The molecule has 0 radical (unpaired) electrons. The van der Waals surface area contributed by atoms with E-state index in [9.17, 15) is 165 Å². The second kappa shape index (κ2) is 52.7. The van der Waals surface area contributed by atoms with E-state index in [1.165, 1.54) is 0 Å². The summed E-state index contributed by atoms with van der Waals surface area (Å²) in [4.78, 5) is 94.4. The van der Waals surface area contributed by atoms with Crippen LogP contribution in [0.3, 0.4) is 0 Å². The lowest BCUT2D eigenvalue weighted by Gasteiger charge is -2.51. The third-order valence-electron chi connectivity index (χ3n) is 21.5. The standard InChI is InChI=1S/C72H112O49S8/c73-33(74)1-9-122-17-25-57-41(89)49(97)65(106-25)115-58-26(18-123-10-2-34(75)76)108-67(51(99)43(58)91)117-60-28(20-125-12-4-36(79)80)110-69(53(101)45(60)93)119-62-30(22-127-14-6-38(83)84)112-71(55(103)47(62)95)121-64-32(24-129(105)16-8-40(87)88)113-72(56(104)48(64)96)120-63-31(23-128-15-7-39(85)86)111-70(54(102)46(63)94)118-61-29(21-126-13-5-37(81)82)109-68(52(100)44(61)92)116-59-27(19-124-11-3-35(77)78)107-66(114-57)50(98)42(59)90/h25-32,41-72,89-104H,1-24H2,(H,73,74)(H,75,76)(H,77,78)(H,79,80)(H,81,82)(H,83,84)(H,85,86)(H,87,88)/t25-,26-,27-,28-,29-,30-,31-,32-,41-,42-,43-,44-,45-,46-,47-,48-,49-,50-,51-,52-,53-,54-,55-,56-,57-,58-,59-,60-,61-,62-,63-,64?,65-,66-,67-,68-,69?,70-,71-,72-,129?/m1/s1. The molecule has 0 spiro atoms. The van der Waals surface area contributed by atoms with E-state index in [1.54, 1.807) is 0 Å². The largest absolute Gasteiger partial charge is 0.481 e. The number of aliphatic carboxylic acids is 8. The van der Waals surface area contributed by atoms with Crippen LogP contribution in [0.5, 0.6) is 0 Å². The lowest BCUT2D eigenvalue weighted by atomic mass is 9.95. The lowest BCUT2D eigenvalue weighted by molar-refractivity contribution is -0.396. The minimum atomic E-state index is -2.42. The van der Waals surface area contributed by atoms with Gasteiger partial charge in [-0.05, 0) is 0 Å². The lowest BCUT2D eigenvalue weighted by Crippen LogP contribution is -2.69. The maximum atomic E-state index is 13.9. The summed E-state index contributed by atoms with van der Waals surface area (Å²) >= 11 is 6.02. The van der Waals surface area contributed by atoms with E-state index < -0.39 is 402 Å². The first kappa shape index (κ1) is 110. The number of aliphatic hydroxyl groups is 16. The predicted octanol–water partition coefficient (Wildman–Crippen LogP) is -8.67. The number of ether oxygens (including phenoxy) is 16. The molecule has 49 nitrogen and oxygen atoms in total. The highest BCUT2D eigenvalue weighted by Crippen LogP contribution is 2.43. The van der Waals surface area contributed by atoms with Crippen molar-refractivity contribution >= 4 is 141 Å². The van der Waals surface area contributed by atoms with Crippen molar-refractivity contribution < 1.29 is 241 Å². The van der Waals surface area contributed by atoms with Crippen LogP contribution in [-0.4, -0.2) is 512 Å². The zero-order valence-electron chi connectivity index (χ0n) is 68.3. The Kier molecular flexibility index (Phi) is 44.9. The second-order valence-electron chi connectivity index (χ2n) is 31.0. The molecule has 0 aromatic carbocycles. The van der Waals surface area contributed by atoms with Gasteiger partial charge in [-0.1, -0.05) is 0 Å². The molecule has 30 aliphatic heterocycles. The highest BCUT2D eigenvalue weighted by Gasteiger charge is 2.61. The van der Waals surface area contributed by atoms with Gasteiger partial charge < -0.3 is 198 Å². The van der Waals surface area contributed by atoms with Gasteiger partial charge >= 0.3 is 47.8 Å². The van der Waals surface area contributed by atoms with Crippen molar-refractivity contribution in [2.45, 2.75) is 297 Å². The molecule has 0 aromatic heterocycles. The Bertz CT molecular complexity index is 3450. The summed E-state index contributed by atoms with van der Waals surface area (Å²) in [5.74, 6) is -15.9. The Morgan fingerprint density at radius 3 is 0.465 bits per heavy atom. The van der Waals surface area contributed by atoms with E-state index in [2.05, 4.69) is 0 Å². The fraction of sp³-hybridized carbons (Fsp3) is 0.889. The molecular weight excluding hydrogens is 1910 g/mol. The van der Waals surface area contributed by atoms with E-state index in [-0.39, 0.29) is 46.0 Å². The summed E-state index contributed by atoms with van der Waals surface area (Å²) in [6.07, 6.45) is -88.2. The number of aliphatic hydroxyl groups excluding tert-OH is 16. The number of carboxylic acids is 8. The highest BCUT2D eigenvalue weighted by molar-refractivity contribution is 8.00. The maximum Gasteiger partial charge on any atom is 0.304 e. The van der Waals surface area contributed by atoms with Gasteiger partial charge in [0.2, 0.25) is 0 Å². The van der Waals surface area contributed by atoms with Crippen molar-refractivity contribution in [3.8, 4) is 0 Å². The minimum Gasteiger partial charge on any atom is -0.481 e. The van der Waals surface area contributed by atoms with Crippen molar-refractivity contribution in [2.24, 2.45) is 0 Å².